The number of carbonyl (C=O) groups is 1. The number of carbonyl (C=O) groups excluding carboxylic acids is 1. The van der Waals surface area contributed by atoms with Crippen molar-refractivity contribution in [1.29, 1.82) is 0 Å². The fourth-order valence-corrected chi connectivity index (χ4v) is 2.03. The smallest absolute Gasteiger partial charge is 0.286 e. The highest BCUT2D eigenvalue weighted by Crippen LogP contribution is 2.29. The normalized spacial score (nSPS) is 17.7. The van der Waals surface area contributed by atoms with Crippen LogP contribution in [-0.2, 0) is 4.79 Å². The number of aliphatic imine (C=N–C) groups is 1. The zero-order valence-electron chi connectivity index (χ0n) is 8.64. The highest BCUT2D eigenvalue weighted by Gasteiger charge is 2.19. The zero-order valence-corrected chi connectivity index (χ0v) is 9.45. The average molecular weight is 234 g/mol. The van der Waals surface area contributed by atoms with Gasteiger partial charge < -0.3 is 10.5 Å². The number of amidine groups is 1. The van der Waals surface area contributed by atoms with Crippen molar-refractivity contribution >= 4 is 28.9 Å². The molecule has 16 heavy (non-hydrogen) atoms. The van der Waals surface area contributed by atoms with E-state index in [9.17, 15) is 4.79 Å². The minimum atomic E-state index is -0.298. The van der Waals surface area contributed by atoms with Gasteiger partial charge in [0.05, 0.1) is 12.0 Å². The van der Waals surface area contributed by atoms with E-state index in [-0.39, 0.29) is 11.1 Å². The Morgan fingerprint density at radius 3 is 2.81 bits per heavy atom. The molecule has 1 aromatic rings. The number of amides is 1. The molecule has 5 heteroatoms. The van der Waals surface area contributed by atoms with E-state index in [1.54, 1.807) is 13.2 Å². The SMILES string of the molecule is COc1ccccc1C=C1SC(N)=NC1=O. The monoisotopic (exact) mass is 234 g/mol. The van der Waals surface area contributed by atoms with Crippen molar-refractivity contribution in [3.05, 3.63) is 34.7 Å². The number of thioether (sulfide) groups is 1. The maximum Gasteiger partial charge on any atom is 0.286 e. The summed E-state index contributed by atoms with van der Waals surface area (Å²) in [6, 6.07) is 7.45. The molecular weight excluding hydrogens is 224 g/mol. The number of ether oxygens (including phenoxy) is 1. The Labute approximate surface area is 97.2 Å². The van der Waals surface area contributed by atoms with E-state index in [1.165, 1.54) is 11.8 Å². The van der Waals surface area contributed by atoms with Gasteiger partial charge in [-0.3, -0.25) is 4.79 Å². The van der Waals surface area contributed by atoms with Crippen LogP contribution in [0.1, 0.15) is 5.56 Å². The van der Waals surface area contributed by atoms with Gasteiger partial charge in [0.2, 0.25) is 0 Å². The van der Waals surface area contributed by atoms with Crippen molar-refractivity contribution in [2.24, 2.45) is 10.7 Å². The van der Waals surface area contributed by atoms with Crippen LogP contribution in [0.3, 0.4) is 0 Å². The first kappa shape index (κ1) is 10.8. The first-order chi connectivity index (χ1) is 7.70. The number of para-hydroxylation sites is 1. The third-order valence-electron chi connectivity index (χ3n) is 2.06. The van der Waals surface area contributed by atoms with E-state index in [0.29, 0.717) is 10.7 Å². The number of rotatable bonds is 2. The Balaban J connectivity index is 2.34. The molecule has 1 aliphatic rings. The summed E-state index contributed by atoms with van der Waals surface area (Å²) >= 11 is 1.17. The summed E-state index contributed by atoms with van der Waals surface area (Å²) in [4.78, 5) is 15.5. The van der Waals surface area contributed by atoms with Gasteiger partial charge >= 0.3 is 0 Å². The Bertz CT molecular complexity index is 495. The summed E-state index contributed by atoms with van der Waals surface area (Å²) in [5.74, 6) is 0.419. The van der Waals surface area contributed by atoms with Gasteiger partial charge in [0, 0.05) is 5.56 Å². The van der Waals surface area contributed by atoms with Crippen LogP contribution in [0.25, 0.3) is 6.08 Å². The van der Waals surface area contributed by atoms with Crippen molar-refractivity contribution in [3.8, 4) is 5.75 Å². The predicted octanol–water partition coefficient (Wildman–Crippen LogP) is 1.62. The molecule has 0 radical (unpaired) electrons. The second kappa shape index (κ2) is 4.40. The molecular formula is C11H10N2O2S. The lowest BCUT2D eigenvalue weighted by Crippen LogP contribution is -2.01. The minimum absolute atomic E-state index is 0.283. The third kappa shape index (κ3) is 2.09. The van der Waals surface area contributed by atoms with Crippen LogP contribution in [0.5, 0.6) is 5.75 Å². The molecule has 2 rings (SSSR count). The Kier molecular flexibility index (Phi) is 2.96. The number of benzene rings is 1. The van der Waals surface area contributed by atoms with E-state index in [4.69, 9.17) is 10.5 Å². The molecule has 0 saturated carbocycles. The number of methoxy groups -OCH3 is 1. The van der Waals surface area contributed by atoms with Gasteiger partial charge in [-0.1, -0.05) is 18.2 Å². The topological polar surface area (TPSA) is 64.7 Å². The number of nitrogens with zero attached hydrogens (tertiary/aromatic N) is 1. The van der Waals surface area contributed by atoms with Crippen LogP contribution in [0.2, 0.25) is 0 Å². The lowest BCUT2D eigenvalue weighted by atomic mass is 10.2. The van der Waals surface area contributed by atoms with E-state index < -0.39 is 0 Å². The van der Waals surface area contributed by atoms with Gasteiger partial charge in [-0.05, 0) is 23.9 Å². The summed E-state index contributed by atoms with van der Waals surface area (Å²) < 4.78 is 5.18. The van der Waals surface area contributed by atoms with Crippen molar-refractivity contribution < 1.29 is 9.53 Å². The van der Waals surface area contributed by atoms with E-state index in [1.807, 2.05) is 24.3 Å². The highest BCUT2D eigenvalue weighted by atomic mass is 32.2. The second-order valence-electron chi connectivity index (χ2n) is 3.11. The second-order valence-corrected chi connectivity index (χ2v) is 4.17. The van der Waals surface area contributed by atoms with Crippen LogP contribution in [0, 0.1) is 0 Å². The van der Waals surface area contributed by atoms with E-state index in [0.717, 1.165) is 5.56 Å². The number of hydrogen-bond donors (Lipinski definition) is 1. The molecule has 1 aromatic carbocycles. The quantitative estimate of drug-likeness (QED) is 0.790. The van der Waals surface area contributed by atoms with Gasteiger partial charge in [0.1, 0.15) is 5.75 Å². The number of nitrogens with two attached hydrogens (primary N) is 1. The first-order valence-corrected chi connectivity index (χ1v) is 5.43. The molecule has 2 N–H and O–H groups in total. The predicted molar refractivity (Wildman–Crippen MR) is 65.2 cm³/mol. The molecule has 0 bridgehead atoms. The van der Waals surface area contributed by atoms with Gasteiger partial charge in [-0.2, -0.15) is 4.99 Å². The molecule has 0 saturated heterocycles. The lowest BCUT2D eigenvalue weighted by Gasteiger charge is -2.03. The van der Waals surface area contributed by atoms with Crippen molar-refractivity contribution in [2.75, 3.05) is 7.11 Å². The standard InChI is InChI=1S/C11H10N2O2S/c1-15-8-5-3-2-4-7(8)6-9-10(14)13-11(12)16-9/h2-6H,1H3,(H2,12,13,14). The minimum Gasteiger partial charge on any atom is -0.496 e. The van der Waals surface area contributed by atoms with E-state index in [2.05, 4.69) is 4.99 Å². The van der Waals surface area contributed by atoms with Gasteiger partial charge in [0.25, 0.3) is 5.91 Å². The Morgan fingerprint density at radius 2 is 2.19 bits per heavy atom. The summed E-state index contributed by atoms with van der Waals surface area (Å²) in [7, 11) is 1.59. The first-order valence-electron chi connectivity index (χ1n) is 4.62. The lowest BCUT2D eigenvalue weighted by molar-refractivity contribution is -0.113. The third-order valence-corrected chi connectivity index (χ3v) is 2.88. The highest BCUT2D eigenvalue weighted by molar-refractivity contribution is 8.18. The molecule has 0 fully saturated rings. The summed E-state index contributed by atoms with van der Waals surface area (Å²) in [6.07, 6.45) is 1.73. The van der Waals surface area contributed by atoms with Crippen molar-refractivity contribution in [1.82, 2.24) is 0 Å². The number of hydrogen-bond acceptors (Lipinski definition) is 4. The molecule has 0 atom stereocenters. The molecule has 4 nitrogen and oxygen atoms in total. The fraction of sp³-hybridized carbons (Fsp3) is 0.0909. The van der Waals surface area contributed by atoms with Crippen LogP contribution in [0.4, 0.5) is 0 Å². The summed E-state index contributed by atoms with van der Waals surface area (Å²) in [5, 5.41) is 0.283. The zero-order chi connectivity index (χ0) is 11.5. The molecule has 0 spiro atoms. The molecule has 1 aliphatic heterocycles. The molecule has 0 unspecified atom stereocenters. The summed E-state index contributed by atoms with van der Waals surface area (Å²) in [6.45, 7) is 0. The van der Waals surface area contributed by atoms with Gasteiger partial charge in [-0.15, -0.1) is 0 Å². The van der Waals surface area contributed by atoms with Crippen LogP contribution >= 0.6 is 11.8 Å². The maximum absolute atomic E-state index is 11.4. The van der Waals surface area contributed by atoms with Crippen molar-refractivity contribution in [2.45, 2.75) is 0 Å². The largest absolute Gasteiger partial charge is 0.496 e. The maximum atomic E-state index is 11.4. The Hall–Kier alpha value is -1.75. The van der Waals surface area contributed by atoms with Crippen molar-refractivity contribution in [3.63, 3.8) is 0 Å². The van der Waals surface area contributed by atoms with Crippen LogP contribution < -0.4 is 10.5 Å². The summed E-state index contributed by atoms with van der Waals surface area (Å²) in [5.41, 5.74) is 6.30. The molecule has 0 aliphatic carbocycles. The van der Waals surface area contributed by atoms with Crippen LogP contribution in [-0.4, -0.2) is 18.2 Å². The molecule has 82 valence electrons. The Morgan fingerprint density at radius 1 is 1.44 bits per heavy atom. The van der Waals surface area contributed by atoms with Crippen LogP contribution in [0.15, 0.2) is 34.2 Å². The van der Waals surface area contributed by atoms with Gasteiger partial charge in [-0.25, -0.2) is 0 Å². The molecule has 1 amide bonds. The van der Waals surface area contributed by atoms with Gasteiger partial charge in [0.15, 0.2) is 5.17 Å². The molecule has 0 aromatic heterocycles. The average Bonchev–Trinajstić information content (AvgIpc) is 2.58. The molecule has 1 heterocycles. The fourth-order valence-electron chi connectivity index (χ4n) is 1.35. The van der Waals surface area contributed by atoms with E-state index >= 15 is 0 Å².